The summed E-state index contributed by atoms with van der Waals surface area (Å²) in [5.74, 6) is 1.61. The van der Waals surface area contributed by atoms with Crippen LogP contribution < -0.4 is 5.32 Å². The Kier molecular flexibility index (Phi) is 6.15. The Labute approximate surface area is 117 Å². The molecule has 0 aliphatic heterocycles. The molecule has 2 fully saturated rings. The third-order valence-electron chi connectivity index (χ3n) is 4.91. The van der Waals surface area contributed by atoms with Crippen molar-refractivity contribution >= 4 is 5.91 Å². The summed E-state index contributed by atoms with van der Waals surface area (Å²) in [5, 5.41) is 12.5. The summed E-state index contributed by atoms with van der Waals surface area (Å²) in [4.78, 5) is 11.8. The predicted octanol–water partition coefficient (Wildman–Crippen LogP) is 3.01. The number of carbonyl (C=O) groups is 1. The van der Waals surface area contributed by atoms with Crippen LogP contribution in [0.2, 0.25) is 0 Å². The van der Waals surface area contributed by atoms with Crippen molar-refractivity contribution in [2.24, 2.45) is 11.8 Å². The number of carbonyl (C=O) groups excluding carboxylic acids is 1. The van der Waals surface area contributed by atoms with E-state index in [1.165, 1.54) is 32.1 Å². The minimum absolute atomic E-state index is 0.0988. The number of aliphatic hydroxyl groups is 1. The number of hydrogen-bond donors (Lipinski definition) is 2. The lowest BCUT2D eigenvalue weighted by molar-refractivity contribution is -0.121. The van der Waals surface area contributed by atoms with Gasteiger partial charge in [-0.2, -0.15) is 0 Å². The van der Waals surface area contributed by atoms with E-state index in [-0.39, 0.29) is 12.0 Å². The summed E-state index contributed by atoms with van der Waals surface area (Å²) < 4.78 is 0. The smallest absolute Gasteiger partial charge is 0.220 e. The Hall–Kier alpha value is -0.570. The summed E-state index contributed by atoms with van der Waals surface area (Å²) >= 11 is 0. The fourth-order valence-corrected chi connectivity index (χ4v) is 3.51. The van der Waals surface area contributed by atoms with Crippen LogP contribution in [0, 0.1) is 11.8 Å². The van der Waals surface area contributed by atoms with E-state index in [1.54, 1.807) is 0 Å². The number of amides is 1. The van der Waals surface area contributed by atoms with Crippen molar-refractivity contribution in [2.45, 2.75) is 76.7 Å². The van der Waals surface area contributed by atoms with Crippen molar-refractivity contribution < 1.29 is 9.90 Å². The molecular weight excluding hydrogens is 238 g/mol. The second kappa shape index (κ2) is 7.88. The molecule has 19 heavy (non-hydrogen) atoms. The lowest BCUT2D eigenvalue weighted by Gasteiger charge is -2.25. The summed E-state index contributed by atoms with van der Waals surface area (Å²) in [7, 11) is 0. The molecule has 0 aromatic carbocycles. The number of nitrogens with one attached hydrogen (secondary N) is 1. The van der Waals surface area contributed by atoms with E-state index >= 15 is 0 Å². The van der Waals surface area contributed by atoms with Gasteiger partial charge in [-0.3, -0.25) is 4.79 Å². The average molecular weight is 267 g/mol. The Bertz CT molecular complexity index is 266. The van der Waals surface area contributed by atoms with Gasteiger partial charge < -0.3 is 10.4 Å². The molecule has 0 aromatic rings. The van der Waals surface area contributed by atoms with Crippen molar-refractivity contribution in [3.8, 4) is 0 Å². The second-order valence-electron chi connectivity index (χ2n) is 6.52. The first-order valence-corrected chi connectivity index (χ1v) is 8.19. The third kappa shape index (κ3) is 5.52. The van der Waals surface area contributed by atoms with E-state index in [4.69, 9.17) is 0 Å². The van der Waals surface area contributed by atoms with Crippen molar-refractivity contribution in [3.63, 3.8) is 0 Å². The maximum Gasteiger partial charge on any atom is 0.220 e. The second-order valence-corrected chi connectivity index (χ2v) is 6.52. The largest absolute Gasteiger partial charge is 0.393 e. The van der Waals surface area contributed by atoms with Crippen LogP contribution in [0.25, 0.3) is 0 Å². The van der Waals surface area contributed by atoms with Gasteiger partial charge in [0.2, 0.25) is 5.91 Å². The summed E-state index contributed by atoms with van der Waals surface area (Å²) in [6.07, 6.45) is 12.4. The normalized spacial score (nSPS) is 29.1. The van der Waals surface area contributed by atoms with E-state index < -0.39 is 0 Å². The molecule has 1 amide bonds. The molecule has 0 atom stereocenters. The monoisotopic (exact) mass is 267 g/mol. The highest BCUT2D eigenvalue weighted by molar-refractivity contribution is 5.75. The van der Waals surface area contributed by atoms with Crippen LogP contribution in [0.4, 0.5) is 0 Å². The van der Waals surface area contributed by atoms with Crippen molar-refractivity contribution in [2.75, 3.05) is 6.54 Å². The van der Waals surface area contributed by atoms with E-state index in [9.17, 15) is 9.90 Å². The molecule has 0 spiro atoms. The maximum absolute atomic E-state index is 11.8. The fraction of sp³-hybridized carbons (Fsp3) is 0.938. The molecule has 2 rings (SSSR count). The minimum Gasteiger partial charge on any atom is -0.393 e. The molecular formula is C16H29NO2. The summed E-state index contributed by atoms with van der Waals surface area (Å²) in [6, 6.07) is 0. The number of rotatable bonds is 5. The van der Waals surface area contributed by atoms with Gasteiger partial charge in [0.25, 0.3) is 0 Å². The van der Waals surface area contributed by atoms with E-state index in [0.29, 0.717) is 12.3 Å². The standard InChI is InChI=1S/C16H29NO2/c18-15-9-6-14(7-10-15)12-17-16(19)11-8-13-4-2-1-3-5-13/h13-15,18H,1-12H2,(H,17,19). The first-order valence-electron chi connectivity index (χ1n) is 8.19. The Balaban J connectivity index is 1.54. The topological polar surface area (TPSA) is 49.3 Å². The van der Waals surface area contributed by atoms with Crippen molar-refractivity contribution in [1.29, 1.82) is 0 Å². The molecule has 2 aliphatic rings. The number of aliphatic hydroxyl groups excluding tert-OH is 1. The number of hydrogen-bond acceptors (Lipinski definition) is 2. The molecule has 2 aliphatic carbocycles. The van der Waals surface area contributed by atoms with Gasteiger partial charge in [-0.05, 0) is 43.9 Å². The lowest BCUT2D eigenvalue weighted by Crippen LogP contribution is -2.32. The van der Waals surface area contributed by atoms with Gasteiger partial charge in [-0.1, -0.05) is 32.1 Å². The Morgan fingerprint density at radius 3 is 2.32 bits per heavy atom. The van der Waals surface area contributed by atoms with Crippen LogP contribution in [0.1, 0.15) is 70.6 Å². The molecule has 2 saturated carbocycles. The Morgan fingerprint density at radius 2 is 1.63 bits per heavy atom. The van der Waals surface area contributed by atoms with Gasteiger partial charge in [0.15, 0.2) is 0 Å². The van der Waals surface area contributed by atoms with Crippen LogP contribution in [-0.2, 0) is 4.79 Å². The van der Waals surface area contributed by atoms with Gasteiger partial charge in [-0.25, -0.2) is 0 Å². The zero-order valence-electron chi connectivity index (χ0n) is 12.1. The first-order chi connectivity index (χ1) is 9.24. The molecule has 3 nitrogen and oxygen atoms in total. The highest BCUT2D eigenvalue weighted by Gasteiger charge is 2.20. The van der Waals surface area contributed by atoms with E-state index in [2.05, 4.69) is 5.32 Å². The average Bonchev–Trinajstić information content (AvgIpc) is 2.45. The molecule has 0 bridgehead atoms. The molecule has 0 radical (unpaired) electrons. The van der Waals surface area contributed by atoms with Crippen LogP contribution in [0.15, 0.2) is 0 Å². The van der Waals surface area contributed by atoms with Crippen LogP contribution in [-0.4, -0.2) is 23.7 Å². The molecule has 110 valence electrons. The minimum atomic E-state index is -0.0988. The summed E-state index contributed by atoms with van der Waals surface area (Å²) in [6.45, 7) is 0.816. The van der Waals surface area contributed by atoms with Crippen LogP contribution >= 0.6 is 0 Å². The molecule has 0 aromatic heterocycles. The molecule has 3 heteroatoms. The van der Waals surface area contributed by atoms with Gasteiger partial charge >= 0.3 is 0 Å². The van der Waals surface area contributed by atoms with Gasteiger partial charge in [0.1, 0.15) is 0 Å². The highest BCUT2D eigenvalue weighted by Crippen LogP contribution is 2.27. The maximum atomic E-state index is 11.8. The highest BCUT2D eigenvalue weighted by atomic mass is 16.3. The van der Waals surface area contributed by atoms with Crippen LogP contribution in [0.3, 0.4) is 0 Å². The zero-order valence-corrected chi connectivity index (χ0v) is 12.1. The molecule has 0 heterocycles. The van der Waals surface area contributed by atoms with E-state index in [0.717, 1.165) is 44.6 Å². The fourth-order valence-electron chi connectivity index (χ4n) is 3.51. The molecule has 2 N–H and O–H groups in total. The van der Waals surface area contributed by atoms with E-state index in [1.807, 2.05) is 0 Å². The zero-order chi connectivity index (χ0) is 13.5. The predicted molar refractivity (Wildman–Crippen MR) is 76.8 cm³/mol. The SMILES string of the molecule is O=C(CCC1CCCCC1)NCC1CCC(O)CC1. The Morgan fingerprint density at radius 1 is 0.947 bits per heavy atom. The van der Waals surface area contributed by atoms with Crippen molar-refractivity contribution in [3.05, 3.63) is 0 Å². The third-order valence-corrected chi connectivity index (χ3v) is 4.91. The molecule has 0 saturated heterocycles. The first kappa shape index (κ1) is 14.8. The van der Waals surface area contributed by atoms with Crippen LogP contribution in [0.5, 0.6) is 0 Å². The lowest BCUT2D eigenvalue weighted by atomic mass is 9.86. The molecule has 0 unspecified atom stereocenters. The van der Waals surface area contributed by atoms with Gasteiger partial charge in [0.05, 0.1) is 6.10 Å². The van der Waals surface area contributed by atoms with Gasteiger partial charge in [-0.15, -0.1) is 0 Å². The quantitative estimate of drug-likeness (QED) is 0.804. The van der Waals surface area contributed by atoms with Gasteiger partial charge in [0, 0.05) is 13.0 Å². The van der Waals surface area contributed by atoms with Crippen molar-refractivity contribution in [1.82, 2.24) is 5.32 Å². The summed E-state index contributed by atoms with van der Waals surface area (Å²) in [5.41, 5.74) is 0.